The summed E-state index contributed by atoms with van der Waals surface area (Å²) in [6.07, 6.45) is 5.21. The lowest BCUT2D eigenvalue weighted by molar-refractivity contribution is 0.358. The van der Waals surface area contributed by atoms with E-state index >= 15 is 0 Å². The van der Waals surface area contributed by atoms with Crippen molar-refractivity contribution >= 4 is 10.8 Å². The van der Waals surface area contributed by atoms with Gasteiger partial charge < -0.3 is 10.1 Å². The molecule has 1 heterocycles. The summed E-state index contributed by atoms with van der Waals surface area (Å²) in [5, 5.41) is 6.07. The maximum absolute atomic E-state index is 5.27. The van der Waals surface area contributed by atoms with Crippen molar-refractivity contribution in [3.63, 3.8) is 0 Å². The molecule has 2 aromatic carbocycles. The largest absolute Gasteiger partial charge is 0.497 e. The molecule has 0 aromatic heterocycles. The minimum Gasteiger partial charge on any atom is -0.497 e. The van der Waals surface area contributed by atoms with Gasteiger partial charge in [0.25, 0.3) is 0 Å². The van der Waals surface area contributed by atoms with Gasteiger partial charge in [0.1, 0.15) is 5.75 Å². The number of hydrogen-bond acceptors (Lipinski definition) is 2. The van der Waals surface area contributed by atoms with Crippen LogP contribution in [0.25, 0.3) is 10.8 Å². The van der Waals surface area contributed by atoms with Crippen molar-refractivity contribution in [1.29, 1.82) is 0 Å². The molecule has 0 amide bonds. The summed E-state index contributed by atoms with van der Waals surface area (Å²) in [5.74, 6) is 1.79. The first kappa shape index (κ1) is 13.4. The van der Waals surface area contributed by atoms with Crippen LogP contribution in [0.3, 0.4) is 0 Å². The van der Waals surface area contributed by atoms with Gasteiger partial charge in [-0.05, 0) is 73.2 Å². The normalized spacial score (nSPS) is 19.1. The Kier molecular flexibility index (Phi) is 4.22. The van der Waals surface area contributed by atoms with Crippen molar-refractivity contribution in [2.75, 3.05) is 20.2 Å². The van der Waals surface area contributed by atoms with Crippen LogP contribution in [-0.4, -0.2) is 20.2 Å². The predicted octanol–water partition coefficient (Wildman–Crippen LogP) is 3.78. The number of fused-ring (bicyclic) bond motifs is 1. The van der Waals surface area contributed by atoms with Gasteiger partial charge in [-0.3, -0.25) is 0 Å². The van der Waals surface area contributed by atoms with Gasteiger partial charge in [0.2, 0.25) is 0 Å². The number of rotatable bonds is 4. The molecular weight excluding hydrogens is 246 g/mol. The Labute approximate surface area is 121 Å². The minimum absolute atomic E-state index is 0.857. The lowest BCUT2D eigenvalue weighted by atomic mass is 9.92. The molecule has 1 fully saturated rings. The molecule has 2 nitrogen and oxygen atoms in total. The first-order valence-corrected chi connectivity index (χ1v) is 7.62. The van der Waals surface area contributed by atoms with Gasteiger partial charge in [0.05, 0.1) is 7.11 Å². The molecule has 0 radical (unpaired) electrons. The first-order chi connectivity index (χ1) is 9.85. The van der Waals surface area contributed by atoms with Gasteiger partial charge in [-0.1, -0.05) is 24.3 Å². The van der Waals surface area contributed by atoms with Crippen LogP contribution in [0.15, 0.2) is 36.4 Å². The number of nitrogens with one attached hydrogen (secondary N) is 1. The number of hydrogen-bond donors (Lipinski definition) is 1. The van der Waals surface area contributed by atoms with Crippen LogP contribution in [0, 0.1) is 5.92 Å². The van der Waals surface area contributed by atoms with E-state index in [1.165, 1.54) is 55.1 Å². The van der Waals surface area contributed by atoms with Crippen LogP contribution in [0.5, 0.6) is 5.75 Å². The molecule has 1 N–H and O–H groups in total. The average Bonchev–Trinajstić information content (AvgIpc) is 2.53. The Bertz CT molecular complexity index is 573. The van der Waals surface area contributed by atoms with Gasteiger partial charge in [-0.25, -0.2) is 0 Å². The average molecular weight is 269 g/mol. The molecule has 1 aliphatic rings. The summed E-state index contributed by atoms with van der Waals surface area (Å²) >= 11 is 0. The maximum Gasteiger partial charge on any atom is 0.119 e. The van der Waals surface area contributed by atoms with E-state index in [0.717, 1.165) is 11.7 Å². The van der Waals surface area contributed by atoms with Crippen molar-refractivity contribution in [3.8, 4) is 5.75 Å². The van der Waals surface area contributed by atoms with E-state index in [2.05, 4.69) is 35.6 Å². The zero-order valence-corrected chi connectivity index (χ0v) is 12.2. The molecule has 1 saturated heterocycles. The number of benzene rings is 2. The second-order valence-electron chi connectivity index (χ2n) is 5.80. The monoisotopic (exact) mass is 269 g/mol. The van der Waals surface area contributed by atoms with E-state index in [-0.39, 0.29) is 0 Å². The second-order valence-corrected chi connectivity index (χ2v) is 5.80. The summed E-state index contributed by atoms with van der Waals surface area (Å²) in [7, 11) is 1.72. The van der Waals surface area contributed by atoms with Crippen molar-refractivity contribution in [1.82, 2.24) is 5.32 Å². The van der Waals surface area contributed by atoms with E-state index in [1.807, 2.05) is 6.07 Å². The Morgan fingerprint density at radius 1 is 1.15 bits per heavy atom. The molecule has 1 unspecified atom stereocenters. The van der Waals surface area contributed by atoms with Crippen LogP contribution in [0.1, 0.15) is 24.8 Å². The highest BCUT2D eigenvalue weighted by molar-refractivity contribution is 5.84. The molecule has 0 bridgehead atoms. The fourth-order valence-electron chi connectivity index (χ4n) is 3.10. The van der Waals surface area contributed by atoms with Crippen molar-refractivity contribution in [2.45, 2.75) is 25.7 Å². The van der Waals surface area contributed by atoms with E-state index in [1.54, 1.807) is 7.11 Å². The van der Waals surface area contributed by atoms with Gasteiger partial charge in [0, 0.05) is 0 Å². The predicted molar refractivity (Wildman–Crippen MR) is 84.4 cm³/mol. The van der Waals surface area contributed by atoms with E-state index < -0.39 is 0 Å². The Morgan fingerprint density at radius 2 is 2.00 bits per heavy atom. The van der Waals surface area contributed by atoms with Crippen LogP contribution in [-0.2, 0) is 6.42 Å². The fraction of sp³-hybridized carbons (Fsp3) is 0.444. The van der Waals surface area contributed by atoms with Crippen LogP contribution in [0.4, 0.5) is 0 Å². The summed E-state index contributed by atoms with van der Waals surface area (Å²) in [5.41, 5.74) is 1.45. The number of ether oxygens (including phenoxy) is 1. The summed E-state index contributed by atoms with van der Waals surface area (Å²) < 4.78 is 5.27. The standard InChI is InChI=1S/C18H23NO/c1-20-18-9-8-16-11-14(6-7-17(16)12-18)4-5-15-3-2-10-19-13-15/h6-9,11-12,15,19H,2-5,10,13H2,1H3. The zero-order chi connectivity index (χ0) is 13.8. The number of methoxy groups -OCH3 is 1. The topological polar surface area (TPSA) is 21.3 Å². The van der Waals surface area contributed by atoms with Crippen molar-refractivity contribution < 1.29 is 4.74 Å². The van der Waals surface area contributed by atoms with Gasteiger partial charge in [-0.2, -0.15) is 0 Å². The molecule has 20 heavy (non-hydrogen) atoms. The van der Waals surface area contributed by atoms with Crippen LogP contribution in [0.2, 0.25) is 0 Å². The smallest absolute Gasteiger partial charge is 0.119 e. The van der Waals surface area contributed by atoms with Gasteiger partial charge >= 0.3 is 0 Å². The van der Waals surface area contributed by atoms with Gasteiger partial charge in [-0.15, -0.1) is 0 Å². The molecule has 0 spiro atoms. The maximum atomic E-state index is 5.27. The Morgan fingerprint density at radius 3 is 2.80 bits per heavy atom. The third-order valence-electron chi connectivity index (χ3n) is 4.35. The van der Waals surface area contributed by atoms with Crippen molar-refractivity contribution in [2.24, 2.45) is 5.92 Å². The van der Waals surface area contributed by atoms with Crippen molar-refractivity contribution in [3.05, 3.63) is 42.0 Å². The molecular formula is C18H23NO. The second kappa shape index (κ2) is 6.27. The van der Waals surface area contributed by atoms with Crippen LogP contribution < -0.4 is 10.1 Å². The highest BCUT2D eigenvalue weighted by Crippen LogP contribution is 2.23. The lowest BCUT2D eigenvalue weighted by Crippen LogP contribution is -2.29. The van der Waals surface area contributed by atoms with Gasteiger partial charge in [0.15, 0.2) is 0 Å². The Balaban J connectivity index is 1.69. The van der Waals surface area contributed by atoms with E-state index in [9.17, 15) is 0 Å². The quantitative estimate of drug-likeness (QED) is 0.912. The summed E-state index contributed by atoms with van der Waals surface area (Å²) in [6, 6.07) is 13.1. The molecule has 2 heteroatoms. The number of aryl methyl sites for hydroxylation is 1. The molecule has 106 valence electrons. The van der Waals surface area contributed by atoms with E-state index in [0.29, 0.717) is 0 Å². The molecule has 3 rings (SSSR count). The zero-order valence-electron chi connectivity index (χ0n) is 12.2. The molecule has 2 aromatic rings. The molecule has 0 saturated carbocycles. The van der Waals surface area contributed by atoms with E-state index in [4.69, 9.17) is 4.74 Å². The minimum atomic E-state index is 0.857. The van der Waals surface area contributed by atoms with Crippen LogP contribution >= 0.6 is 0 Å². The Hall–Kier alpha value is -1.54. The molecule has 0 aliphatic carbocycles. The third kappa shape index (κ3) is 3.13. The molecule has 1 atom stereocenters. The lowest BCUT2D eigenvalue weighted by Gasteiger charge is -2.22. The number of piperidine rings is 1. The fourth-order valence-corrected chi connectivity index (χ4v) is 3.10. The SMILES string of the molecule is COc1ccc2cc(CCC3CCCNC3)ccc2c1. The highest BCUT2D eigenvalue weighted by atomic mass is 16.5. The summed E-state index contributed by atoms with van der Waals surface area (Å²) in [6.45, 7) is 2.40. The summed E-state index contributed by atoms with van der Waals surface area (Å²) in [4.78, 5) is 0. The first-order valence-electron chi connectivity index (χ1n) is 7.62. The molecule has 1 aliphatic heterocycles. The highest BCUT2D eigenvalue weighted by Gasteiger charge is 2.12. The third-order valence-corrected chi connectivity index (χ3v) is 4.35.